The van der Waals surface area contributed by atoms with Gasteiger partial charge in [-0.1, -0.05) is 6.08 Å². The lowest BCUT2D eigenvalue weighted by Crippen LogP contribution is -2.13. The maximum Gasteiger partial charge on any atom is 0.0810 e. The second-order valence-electron chi connectivity index (χ2n) is 2.66. The minimum atomic E-state index is 0.0879. The van der Waals surface area contributed by atoms with E-state index in [1.807, 2.05) is 6.08 Å². The van der Waals surface area contributed by atoms with Gasteiger partial charge in [0, 0.05) is 0 Å². The topological polar surface area (TPSA) is 29.5 Å². The zero-order valence-corrected chi connectivity index (χ0v) is 6.12. The first kappa shape index (κ1) is 7.76. The summed E-state index contributed by atoms with van der Waals surface area (Å²) in [5, 5.41) is 8.70. The van der Waals surface area contributed by atoms with Crippen molar-refractivity contribution in [2.45, 2.75) is 31.5 Å². The van der Waals surface area contributed by atoms with E-state index in [1.165, 1.54) is 0 Å². The fourth-order valence-corrected chi connectivity index (χ4v) is 1.27. The number of aliphatic hydroxyl groups is 1. The Morgan fingerprint density at radius 3 is 2.70 bits per heavy atom. The molecule has 2 unspecified atom stereocenters. The van der Waals surface area contributed by atoms with E-state index in [0.29, 0.717) is 6.10 Å². The predicted molar refractivity (Wildman–Crippen MR) is 39.8 cm³/mol. The van der Waals surface area contributed by atoms with Gasteiger partial charge in [0.15, 0.2) is 0 Å². The molecule has 1 heterocycles. The number of hydrogen-bond donors (Lipinski definition) is 1. The minimum absolute atomic E-state index is 0.0879. The van der Waals surface area contributed by atoms with Crippen LogP contribution in [0.5, 0.6) is 0 Å². The van der Waals surface area contributed by atoms with Gasteiger partial charge in [0.05, 0.1) is 18.8 Å². The predicted octanol–water partition coefficient (Wildman–Crippen LogP) is 1.10. The van der Waals surface area contributed by atoms with E-state index in [-0.39, 0.29) is 12.7 Å². The quantitative estimate of drug-likeness (QED) is 0.598. The molecule has 1 N–H and O–H groups in total. The second kappa shape index (κ2) is 3.74. The fourth-order valence-electron chi connectivity index (χ4n) is 1.27. The molecule has 1 fully saturated rings. The largest absolute Gasteiger partial charge is 0.394 e. The van der Waals surface area contributed by atoms with Crippen molar-refractivity contribution in [3.05, 3.63) is 12.7 Å². The lowest BCUT2D eigenvalue weighted by Gasteiger charge is -2.08. The van der Waals surface area contributed by atoms with E-state index in [2.05, 4.69) is 6.58 Å². The van der Waals surface area contributed by atoms with Crippen molar-refractivity contribution in [3.8, 4) is 0 Å². The molecule has 0 radical (unpaired) electrons. The van der Waals surface area contributed by atoms with Gasteiger partial charge in [-0.3, -0.25) is 0 Å². The van der Waals surface area contributed by atoms with E-state index in [4.69, 9.17) is 9.84 Å². The first-order valence-electron chi connectivity index (χ1n) is 3.74. The first-order valence-corrected chi connectivity index (χ1v) is 3.74. The third-order valence-corrected chi connectivity index (χ3v) is 1.83. The van der Waals surface area contributed by atoms with Crippen LogP contribution in [-0.2, 0) is 4.74 Å². The van der Waals surface area contributed by atoms with Gasteiger partial charge < -0.3 is 9.84 Å². The Labute approximate surface area is 61.5 Å². The van der Waals surface area contributed by atoms with Crippen molar-refractivity contribution < 1.29 is 9.84 Å². The Balaban J connectivity index is 2.21. The van der Waals surface area contributed by atoms with Crippen LogP contribution < -0.4 is 0 Å². The molecule has 0 bridgehead atoms. The van der Waals surface area contributed by atoms with Crippen LogP contribution in [0.3, 0.4) is 0 Å². The van der Waals surface area contributed by atoms with Crippen molar-refractivity contribution in [1.82, 2.24) is 0 Å². The summed E-state index contributed by atoms with van der Waals surface area (Å²) in [6.07, 6.45) is 5.24. The van der Waals surface area contributed by atoms with Crippen LogP contribution in [0.1, 0.15) is 19.3 Å². The molecule has 2 heteroatoms. The number of hydrogen-bond acceptors (Lipinski definition) is 2. The van der Waals surface area contributed by atoms with Gasteiger partial charge in [0.1, 0.15) is 0 Å². The van der Waals surface area contributed by atoms with Crippen LogP contribution in [0.25, 0.3) is 0 Å². The molecule has 1 rings (SSSR count). The van der Waals surface area contributed by atoms with Gasteiger partial charge in [0.2, 0.25) is 0 Å². The fraction of sp³-hybridized carbons (Fsp3) is 0.750. The van der Waals surface area contributed by atoms with Gasteiger partial charge in [-0.2, -0.15) is 0 Å². The third-order valence-electron chi connectivity index (χ3n) is 1.83. The molecular weight excluding hydrogens is 128 g/mol. The van der Waals surface area contributed by atoms with Crippen LogP contribution in [-0.4, -0.2) is 23.9 Å². The summed E-state index contributed by atoms with van der Waals surface area (Å²) < 4.78 is 5.43. The molecule has 0 aromatic carbocycles. The van der Waals surface area contributed by atoms with Crippen LogP contribution >= 0.6 is 0 Å². The van der Waals surface area contributed by atoms with Crippen molar-refractivity contribution in [3.63, 3.8) is 0 Å². The summed E-state index contributed by atoms with van der Waals surface area (Å²) in [4.78, 5) is 0. The highest BCUT2D eigenvalue weighted by atomic mass is 16.5. The van der Waals surface area contributed by atoms with E-state index in [0.717, 1.165) is 19.3 Å². The van der Waals surface area contributed by atoms with Crippen molar-refractivity contribution in [1.29, 1.82) is 0 Å². The molecule has 58 valence electrons. The second-order valence-corrected chi connectivity index (χ2v) is 2.66. The first-order chi connectivity index (χ1) is 4.86. The van der Waals surface area contributed by atoms with E-state index in [1.54, 1.807) is 0 Å². The van der Waals surface area contributed by atoms with Crippen LogP contribution in [0.4, 0.5) is 0 Å². The summed E-state index contributed by atoms with van der Waals surface area (Å²) in [5.41, 5.74) is 0. The highest BCUT2D eigenvalue weighted by Gasteiger charge is 2.22. The van der Waals surface area contributed by atoms with Crippen molar-refractivity contribution in [2.24, 2.45) is 0 Å². The number of rotatable bonds is 3. The van der Waals surface area contributed by atoms with E-state index >= 15 is 0 Å². The summed E-state index contributed by atoms with van der Waals surface area (Å²) in [6.45, 7) is 3.79. The van der Waals surface area contributed by atoms with E-state index in [9.17, 15) is 0 Å². The maximum atomic E-state index is 8.70. The molecule has 0 saturated carbocycles. The molecule has 0 aliphatic carbocycles. The zero-order valence-electron chi connectivity index (χ0n) is 6.12. The van der Waals surface area contributed by atoms with Crippen LogP contribution in [0.15, 0.2) is 12.7 Å². The van der Waals surface area contributed by atoms with Gasteiger partial charge in [-0.15, -0.1) is 6.58 Å². The monoisotopic (exact) mass is 142 g/mol. The standard InChI is InChI=1S/C8H14O2/c1-2-3-7-4-5-8(6-9)10-7/h2,7-9H,1,3-6H2. The lowest BCUT2D eigenvalue weighted by molar-refractivity contribution is 0.0134. The highest BCUT2D eigenvalue weighted by molar-refractivity contribution is 4.79. The van der Waals surface area contributed by atoms with Crippen LogP contribution in [0.2, 0.25) is 0 Å². The molecular formula is C8H14O2. The molecule has 2 nitrogen and oxygen atoms in total. The molecule has 0 amide bonds. The molecule has 10 heavy (non-hydrogen) atoms. The summed E-state index contributed by atoms with van der Waals surface area (Å²) in [5.74, 6) is 0. The molecule has 2 atom stereocenters. The SMILES string of the molecule is C=CCC1CCC(CO)O1. The van der Waals surface area contributed by atoms with Gasteiger partial charge in [-0.05, 0) is 19.3 Å². The molecule has 0 spiro atoms. The normalized spacial score (nSPS) is 32.5. The Morgan fingerprint density at radius 2 is 2.20 bits per heavy atom. The van der Waals surface area contributed by atoms with Crippen molar-refractivity contribution >= 4 is 0 Å². The van der Waals surface area contributed by atoms with Crippen molar-refractivity contribution in [2.75, 3.05) is 6.61 Å². The molecule has 1 aliphatic rings. The smallest absolute Gasteiger partial charge is 0.0810 e. The Kier molecular flexibility index (Phi) is 2.90. The summed E-state index contributed by atoms with van der Waals surface area (Å²) in [7, 11) is 0. The van der Waals surface area contributed by atoms with Gasteiger partial charge >= 0.3 is 0 Å². The number of aliphatic hydroxyl groups excluding tert-OH is 1. The summed E-state index contributed by atoms with van der Waals surface area (Å²) >= 11 is 0. The average molecular weight is 142 g/mol. The van der Waals surface area contributed by atoms with Gasteiger partial charge in [-0.25, -0.2) is 0 Å². The molecule has 0 aromatic heterocycles. The minimum Gasteiger partial charge on any atom is -0.394 e. The summed E-state index contributed by atoms with van der Waals surface area (Å²) in [6, 6.07) is 0. The maximum absolute atomic E-state index is 8.70. The number of ether oxygens (including phenoxy) is 1. The Bertz CT molecular complexity index is 112. The highest BCUT2D eigenvalue weighted by Crippen LogP contribution is 2.21. The third kappa shape index (κ3) is 1.82. The van der Waals surface area contributed by atoms with E-state index < -0.39 is 0 Å². The molecule has 1 saturated heterocycles. The Morgan fingerprint density at radius 1 is 1.50 bits per heavy atom. The lowest BCUT2D eigenvalue weighted by atomic mass is 10.1. The zero-order chi connectivity index (χ0) is 7.40. The average Bonchev–Trinajstić information content (AvgIpc) is 2.37. The molecule has 1 aliphatic heterocycles. The molecule has 0 aromatic rings. The van der Waals surface area contributed by atoms with Gasteiger partial charge in [0.25, 0.3) is 0 Å². The Hall–Kier alpha value is -0.340. The van der Waals surface area contributed by atoms with Crippen LogP contribution in [0, 0.1) is 0 Å².